The first-order valence-corrected chi connectivity index (χ1v) is 4.81. The summed E-state index contributed by atoms with van der Waals surface area (Å²) in [6, 6.07) is 4.99. The lowest BCUT2D eigenvalue weighted by atomic mass is 10.0. The van der Waals surface area contributed by atoms with Gasteiger partial charge in [0.25, 0.3) is 0 Å². The van der Waals surface area contributed by atoms with Crippen molar-refractivity contribution in [3.63, 3.8) is 0 Å². The molecule has 1 unspecified atom stereocenters. The van der Waals surface area contributed by atoms with Crippen LogP contribution in [0.25, 0.3) is 0 Å². The van der Waals surface area contributed by atoms with Crippen LogP contribution in [0.2, 0.25) is 0 Å². The molecule has 0 saturated carbocycles. The van der Waals surface area contributed by atoms with E-state index in [1.807, 2.05) is 19.9 Å². The van der Waals surface area contributed by atoms with E-state index in [2.05, 4.69) is 0 Å². The third-order valence-electron chi connectivity index (χ3n) is 2.18. The monoisotopic (exact) mass is 197 g/mol. The predicted octanol–water partition coefficient (Wildman–Crippen LogP) is 2.29. The average Bonchev–Trinajstić information content (AvgIpc) is 2.20. The molecule has 1 aromatic rings. The summed E-state index contributed by atoms with van der Waals surface area (Å²) in [7, 11) is 0. The van der Waals surface area contributed by atoms with E-state index in [1.54, 1.807) is 6.07 Å². The summed E-state index contributed by atoms with van der Waals surface area (Å²) >= 11 is 0. The second-order valence-electron chi connectivity index (χ2n) is 3.26. The van der Waals surface area contributed by atoms with Gasteiger partial charge in [0.2, 0.25) is 0 Å². The predicted molar refractivity (Wildman–Crippen MR) is 55.0 cm³/mol. The topological polar surface area (TPSA) is 35.2 Å². The second kappa shape index (κ2) is 4.96. The van der Waals surface area contributed by atoms with Gasteiger partial charge in [0.05, 0.1) is 6.61 Å². The molecule has 2 nitrogen and oxygen atoms in total. The zero-order chi connectivity index (χ0) is 10.6. The van der Waals surface area contributed by atoms with E-state index in [0.29, 0.717) is 18.9 Å². The summed E-state index contributed by atoms with van der Waals surface area (Å²) < 4.78 is 18.5. The molecule has 1 aromatic carbocycles. The van der Waals surface area contributed by atoms with E-state index in [-0.39, 0.29) is 11.7 Å². The lowest BCUT2D eigenvalue weighted by Gasteiger charge is -2.10. The SMILES string of the molecule is CCOc1ccc(C(C)CN)cc1F. The molecule has 0 heterocycles. The van der Waals surface area contributed by atoms with E-state index in [0.717, 1.165) is 5.56 Å². The van der Waals surface area contributed by atoms with Gasteiger partial charge in [0, 0.05) is 0 Å². The summed E-state index contributed by atoms with van der Waals surface area (Å²) in [5.41, 5.74) is 6.41. The van der Waals surface area contributed by atoms with E-state index in [1.165, 1.54) is 6.07 Å². The smallest absolute Gasteiger partial charge is 0.165 e. The van der Waals surface area contributed by atoms with Crippen LogP contribution in [0.1, 0.15) is 25.3 Å². The van der Waals surface area contributed by atoms with Gasteiger partial charge in [-0.2, -0.15) is 0 Å². The Labute approximate surface area is 83.9 Å². The summed E-state index contributed by atoms with van der Waals surface area (Å²) in [5.74, 6) is 0.172. The maximum absolute atomic E-state index is 13.4. The van der Waals surface area contributed by atoms with Crippen molar-refractivity contribution in [1.82, 2.24) is 0 Å². The average molecular weight is 197 g/mol. The Kier molecular flexibility index (Phi) is 3.89. The van der Waals surface area contributed by atoms with Crippen molar-refractivity contribution < 1.29 is 9.13 Å². The van der Waals surface area contributed by atoms with Crippen molar-refractivity contribution in [2.75, 3.05) is 13.2 Å². The highest BCUT2D eigenvalue weighted by atomic mass is 19.1. The van der Waals surface area contributed by atoms with Gasteiger partial charge < -0.3 is 10.5 Å². The fraction of sp³-hybridized carbons (Fsp3) is 0.455. The van der Waals surface area contributed by atoms with Crippen molar-refractivity contribution in [1.29, 1.82) is 0 Å². The van der Waals surface area contributed by atoms with Gasteiger partial charge >= 0.3 is 0 Å². The van der Waals surface area contributed by atoms with Crippen molar-refractivity contribution in [2.45, 2.75) is 19.8 Å². The lowest BCUT2D eigenvalue weighted by molar-refractivity contribution is 0.321. The van der Waals surface area contributed by atoms with Crippen LogP contribution in [0.3, 0.4) is 0 Å². The first-order chi connectivity index (χ1) is 6.69. The zero-order valence-corrected chi connectivity index (χ0v) is 8.59. The normalized spacial score (nSPS) is 12.6. The molecule has 0 aliphatic heterocycles. The van der Waals surface area contributed by atoms with Crippen LogP contribution in [-0.2, 0) is 0 Å². The molecule has 14 heavy (non-hydrogen) atoms. The molecule has 0 aliphatic carbocycles. The molecule has 0 bridgehead atoms. The molecule has 78 valence electrons. The van der Waals surface area contributed by atoms with Crippen LogP contribution in [0.15, 0.2) is 18.2 Å². The number of halogens is 1. The van der Waals surface area contributed by atoms with Crippen LogP contribution in [-0.4, -0.2) is 13.2 Å². The Bertz CT molecular complexity index is 301. The highest BCUT2D eigenvalue weighted by Crippen LogP contribution is 2.22. The minimum atomic E-state index is -0.315. The number of rotatable bonds is 4. The number of nitrogens with two attached hydrogens (primary N) is 1. The van der Waals surface area contributed by atoms with Crippen molar-refractivity contribution >= 4 is 0 Å². The first-order valence-electron chi connectivity index (χ1n) is 4.81. The molecule has 0 radical (unpaired) electrons. The molecule has 3 heteroatoms. The summed E-state index contributed by atoms with van der Waals surface area (Å²) in [6.07, 6.45) is 0. The maximum atomic E-state index is 13.4. The van der Waals surface area contributed by atoms with Crippen molar-refractivity contribution in [3.05, 3.63) is 29.6 Å². The molecular formula is C11H16FNO. The molecule has 0 aliphatic rings. The van der Waals surface area contributed by atoms with E-state index in [4.69, 9.17) is 10.5 Å². The Hall–Kier alpha value is -1.09. The molecule has 1 atom stereocenters. The van der Waals surface area contributed by atoms with E-state index in [9.17, 15) is 4.39 Å². The van der Waals surface area contributed by atoms with Gasteiger partial charge in [-0.3, -0.25) is 0 Å². The van der Waals surface area contributed by atoms with E-state index >= 15 is 0 Å². The molecule has 0 amide bonds. The highest BCUT2D eigenvalue weighted by Gasteiger charge is 2.08. The second-order valence-corrected chi connectivity index (χ2v) is 3.26. The minimum Gasteiger partial charge on any atom is -0.491 e. The van der Waals surface area contributed by atoms with Crippen molar-refractivity contribution in [2.24, 2.45) is 5.73 Å². The van der Waals surface area contributed by atoms with Crippen LogP contribution >= 0.6 is 0 Å². The van der Waals surface area contributed by atoms with Gasteiger partial charge in [-0.15, -0.1) is 0 Å². The van der Waals surface area contributed by atoms with Crippen LogP contribution in [0, 0.1) is 5.82 Å². The molecule has 0 aromatic heterocycles. The quantitative estimate of drug-likeness (QED) is 0.803. The molecular weight excluding hydrogens is 181 g/mol. The number of hydrogen-bond donors (Lipinski definition) is 1. The highest BCUT2D eigenvalue weighted by molar-refractivity contribution is 5.31. The minimum absolute atomic E-state index is 0.181. The fourth-order valence-electron chi connectivity index (χ4n) is 1.23. The number of ether oxygens (including phenoxy) is 1. The number of benzene rings is 1. The molecule has 2 N–H and O–H groups in total. The van der Waals surface area contributed by atoms with Gasteiger partial charge in [0.1, 0.15) is 0 Å². The largest absolute Gasteiger partial charge is 0.491 e. The lowest BCUT2D eigenvalue weighted by Crippen LogP contribution is -2.09. The van der Waals surface area contributed by atoms with Crippen LogP contribution < -0.4 is 10.5 Å². The van der Waals surface area contributed by atoms with Crippen LogP contribution in [0.5, 0.6) is 5.75 Å². The Morgan fingerprint density at radius 1 is 1.50 bits per heavy atom. The van der Waals surface area contributed by atoms with Crippen LogP contribution in [0.4, 0.5) is 4.39 Å². The first kappa shape index (κ1) is 11.0. The zero-order valence-electron chi connectivity index (χ0n) is 8.59. The van der Waals surface area contributed by atoms with Gasteiger partial charge in [-0.1, -0.05) is 13.0 Å². The molecule has 1 rings (SSSR count). The molecule has 0 spiro atoms. The Morgan fingerprint density at radius 2 is 2.21 bits per heavy atom. The Balaban J connectivity index is 2.88. The summed E-state index contributed by atoms with van der Waals surface area (Å²) in [5, 5.41) is 0. The van der Waals surface area contributed by atoms with E-state index < -0.39 is 0 Å². The third-order valence-corrected chi connectivity index (χ3v) is 2.18. The third kappa shape index (κ3) is 2.45. The van der Waals surface area contributed by atoms with Crippen molar-refractivity contribution in [3.8, 4) is 5.75 Å². The molecule has 0 saturated heterocycles. The van der Waals surface area contributed by atoms with Gasteiger partial charge in [-0.25, -0.2) is 4.39 Å². The summed E-state index contributed by atoms with van der Waals surface area (Å²) in [4.78, 5) is 0. The van der Waals surface area contributed by atoms with Gasteiger partial charge in [0.15, 0.2) is 11.6 Å². The standard InChI is InChI=1S/C11H16FNO/c1-3-14-11-5-4-9(6-10(11)12)8(2)7-13/h4-6,8H,3,7,13H2,1-2H3. The Morgan fingerprint density at radius 3 is 2.71 bits per heavy atom. The maximum Gasteiger partial charge on any atom is 0.165 e. The molecule has 0 fully saturated rings. The van der Waals surface area contributed by atoms with Gasteiger partial charge in [-0.05, 0) is 37.1 Å². The fourth-order valence-corrected chi connectivity index (χ4v) is 1.23. The summed E-state index contributed by atoms with van der Waals surface area (Å²) in [6.45, 7) is 4.79. The number of hydrogen-bond acceptors (Lipinski definition) is 2.